The Bertz CT molecular complexity index is 1240. The van der Waals surface area contributed by atoms with Crippen LogP contribution in [0.1, 0.15) is 38.3 Å². The number of carbonyl (C=O) groups is 1. The zero-order chi connectivity index (χ0) is 22.9. The number of carbonyl (C=O) groups excluding carboxylic acids is 1. The van der Waals surface area contributed by atoms with E-state index < -0.39 is 15.9 Å². The summed E-state index contributed by atoms with van der Waals surface area (Å²) in [6, 6.07) is 10.9. The van der Waals surface area contributed by atoms with Crippen LogP contribution in [0, 0.1) is 11.7 Å². The third-order valence-electron chi connectivity index (χ3n) is 5.68. The molecule has 10 heteroatoms. The van der Waals surface area contributed by atoms with Crippen molar-refractivity contribution in [3.63, 3.8) is 0 Å². The van der Waals surface area contributed by atoms with Crippen LogP contribution < -0.4 is 5.32 Å². The van der Waals surface area contributed by atoms with E-state index in [0.717, 1.165) is 5.52 Å². The molecule has 1 amide bonds. The summed E-state index contributed by atoms with van der Waals surface area (Å²) in [5.41, 5.74) is 1.94. The van der Waals surface area contributed by atoms with Crippen LogP contribution in [0.25, 0.3) is 11.0 Å². The molecule has 0 bridgehead atoms. The molecule has 0 unspecified atom stereocenters. The van der Waals surface area contributed by atoms with Crippen molar-refractivity contribution in [2.24, 2.45) is 5.92 Å². The molecule has 1 atom stereocenters. The van der Waals surface area contributed by atoms with Crippen LogP contribution in [0.15, 0.2) is 47.4 Å². The molecule has 1 fully saturated rings. The highest BCUT2D eigenvalue weighted by molar-refractivity contribution is 7.89. The topological polar surface area (TPSA) is 97.2 Å². The minimum atomic E-state index is -3.78. The molecular weight excluding hydrogens is 433 g/mol. The average Bonchev–Trinajstić information content (AvgIpc) is 3.21. The molecular formula is C22H26FN5O3S. The van der Waals surface area contributed by atoms with Gasteiger partial charge in [-0.1, -0.05) is 17.3 Å². The van der Waals surface area contributed by atoms with E-state index in [4.69, 9.17) is 0 Å². The third kappa shape index (κ3) is 4.51. The van der Waals surface area contributed by atoms with Crippen molar-refractivity contribution in [3.05, 3.63) is 53.8 Å². The molecule has 0 aliphatic carbocycles. The van der Waals surface area contributed by atoms with Crippen LogP contribution in [0.2, 0.25) is 0 Å². The lowest BCUT2D eigenvalue weighted by Crippen LogP contribution is -2.45. The van der Waals surface area contributed by atoms with Gasteiger partial charge in [-0.15, -0.1) is 5.10 Å². The van der Waals surface area contributed by atoms with Crippen molar-refractivity contribution >= 4 is 27.0 Å². The van der Waals surface area contributed by atoms with E-state index in [9.17, 15) is 17.6 Å². The predicted molar refractivity (Wildman–Crippen MR) is 118 cm³/mol. The lowest BCUT2D eigenvalue weighted by molar-refractivity contribution is -0.126. The van der Waals surface area contributed by atoms with Gasteiger partial charge in [-0.3, -0.25) is 4.79 Å². The van der Waals surface area contributed by atoms with E-state index in [-0.39, 0.29) is 35.8 Å². The molecule has 1 N–H and O–H groups in total. The van der Waals surface area contributed by atoms with Gasteiger partial charge in [-0.2, -0.15) is 4.31 Å². The Morgan fingerprint density at radius 3 is 2.81 bits per heavy atom. The quantitative estimate of drug-likeness (QED) is 0.611. The Balaban J connectivity index is 1.47. The monoisotopic (exact) mass is 459 g/mol. The molecule has 0 spiro atoms. The summed E-state index contributed by atoms with van der Waals surface area (Å²) >= 11 is 0. The number of nitrogens with one attached hydrogen (secondary N) is 1. The summed E-state index contributed by atoms with van der Waals surface area (Å²) in [4.78, 5) is 12.8. The highest BCUT2D eigenvalue weighted by Crippen LogP contribution is 2.26. The maximum absolute atomic E-state index is 13.3. The Labute approximate surface area is 186 Å². The Kier molecular flexibility index (Phi) is 6.25. The van der Waals surface area contributed by atoms with Crippen molar-refractivity contribution in [1.29, 1.82) is 0 Å². The fraction of sp³-hybridized carbons (Fsp3) is 0.409. The van der Waals surface area contributed by atoms with Crippen LogP contribution in [0.3, 0.4) is 0 Å². The largest absolute Gasteiger partial charge is 0.352 e. The molecule has 170 valence electrons. The number of benzene rings is 2. The summed E-state index contributed by atoms with van der Waals surface area (Å²) < 4.78 is 42.9. The second kappa shape index (κ2) is 8.95. The van der Waals surface area contributed by atoms with Crippen molar-refractivity contribution < 1.29 is 17.6 Å². The fourth-order valence-electron chi connectivity index (χ4n) is 3.97. The molecule has 8 nitrogen and oxygen atoms in total. The zero-order valence-corrected chi connectivity index (χ0v) is 18.8. The third-order valence-corrected chi connectivity index (χ3v) is 7.54. The molecule has 3 aromatic rings. The maximum atomic E-state index is 13.3. The van der Waals surface area contributed by atoms with E-state index in [1.165, 1.54) is 22.5 Å². The van der Waals surface area contributed by atoms with Crippen LogP contribution in [0.4, 0.5) is 4.39 Å². The van der Waals surface area contributed by atoms with Gasteiger partial charge in [0, 0.05) is 25.7 Å². The Morgan fingerprint density at radius 1 is 1.25 bits per heavy atom. The average molecular weight is 460 g/mol. The number of halogens is 1. The van der Waals surface area contributed by atoms with Gasteiger partial charge in [0.1, 0.15) is 11.3 Å². The molecule has 32 heavy (non-hydrogen) atoms. The molecule has 1 aromatic heterocycles. The Hall–Kier alpha value is -2.85. The number of aromatic nitrogens is 3. The number of amides is 1. The van der Waals surface area contributed by atoms with Gasteiger partial charge >= 0.3 is 0 Å². The number of hydrogen-bond donors (Lipinski definition) is 1. The smallest absolute Gasteiger partial charge is 0.243 e. The van der Waals surface area contributed by atoms with Crippen molar-refractivity contribution in [1.82, 2.24) is 24.6 Å². The van der Waals surface area contributed by atoms with Gasteiger partial charge in [0.25, 0.3) is 0 Å². The highest BCUT2D eigenvalue weighted by Gasteiger charge is 2.33. The molecule has 1 aliphatic rings. The zero-order valence-electron chi connectivity index (χ0n) is 18.0. The highest BCUT2D eigenvalue weighted by atomic mass is 32.2. The van der Waals surface area contributed by atoms with Crippen LogP contribution >= 0.6 is 0 Å². The molecule has 2 aromatic carbocycles. The molecule has 0 saturated carbocycles. The number of rotatable bonds is 6. The SMILES string of the molecule is CC(C)n1nnc2cc(S(=O)(=O)N3CCC[C@H](C(=O)NCc4cccc(F)c4)C3)ccc21. The summed E-state index contributed by atoms with van der Waals surface area (Å²) in [6.45, 7) is 4.61. The fourth-order valence-corrected chi connectivity index (χ4v) is 5.51. The number of piperidine rings is 1. The van der Waals surface area contributed by atoms with E-state index in [1.54, 1.807) is 28.9 Å². The number of hydrogen-bond acceptors (Lipinski definition) is 5. The number of nitrogens with zero attached hydrogens (tertiary/aromatic N) is 4. The molecule has 2 heterocycles. The first-order valence-electron chi connectivity index (χ1n) is 10.6. The minimum Gasteiger partial charge on any atom is -0.352 e. The van der Waals surface area contributed by atoms with Crippen LogP contribution in [-0.2, 0) is 21.4 Å². The summed E-state index contributed by atoms with van der Waals surface area (Å²) in [5.74, 6) is -1.06. The second-order valence-corrected chi connectivity index (χ2v) is 10.3. The molecule has 1 saturated heterocycles. The van der Waals surface area contributed by atoms with Crippen LogP contribution in [0.5, 0.6) is 0 Å². The van der Waals surface area contributed by atoms with Gasteiger partial charge < -0.3 is 5.32 Å². The lowest BCUT2D eigenvalue weighted by Gasteiger charge is -2.31. The first-order chi connectivity index (χ1) is 15.3. The minimum absolute atomic E-state index is 0.105. The first kappa shape index (κ1) is 22.3. The normalized spacial score (nSPS) is 17.7. The van der Waals surface area contributed by atoms with Gasteiger partial charge in [-0.25, -0.2) is 17.5 Å². The Morgan fingerprint density at radius 2 is 2.06 bits per heavy atom. The van der Waals surface area contributed by atoms with Crippen molar-refractivity contribution in [3.8, 4) is 0 Å². The van der Waals surface area contributed by atoms with Crippen LogP contribution in [-0.4, -0.2) is 46.7 Å². The summed E-state index contributed by atoms with van der Waals surface area (Å²) in [6.07, 6.45) is 1.19. The van der Waals surface area contributed by atoms with E-state index in [0.29, 0.717) is 30.5 Å². The molecule has 1 aliphatic heterocycles. The first-order valence-corrected chi connectivity index (χ1v) is 12.1. The maximum Gasteiger partial charge on any atom is 0.243 e. The van der Waals surface area contributed by atoms with E-state index >= 15 is 0 Å². The standard InChI is InChI=1S/C22H26FN5O3S/c1-15(2)28-21-9-8-19(12-20(21)25-26-28)32(30,31)27-10-4-6-17(14-27)22(29)24-13-16-5-3-7-18(23)11-16/h3,5,7-9,11-12,15,17H,4,6,10,13-14H2,1-2H3,(H,24,29)/t17-/m0/s1. The predicted octanol–water partition coefficient (Wildman–Crippen LogP) is 2.87. The van der Waals surface area contributed by atoms with E-state index in [1.807, 2.05) is 13.8 Å². The number of sulfonamides is 1. The second-order valence-electron chi connectivity index (χ2n) is 8.33. The van der Waals surface area contributed by atoms with Crippen molar-refractivity contribution in [2.75, 3.05) is 13.1 Å². The molecule has 0 radical (unpaired) electrons. The summed E-state index contributed by atoms with van der Waals surface area (Å²) in [7, 11) is -3.78. The lowest BCUT2D eigenvalue weighted by atomic mass is 9.99. The van der Waals surface area contributed by atoms with E-state index in [2.05, 4.69) is 15.6 Å². The van der Waals surface area contributed by atoms with Gasteiger partial charge in [0.05, 0.1) is 16.3 Å². The van der Waals surface area contributed by atoms with Gasteiger partial charge in [0.2, 0.25) is 15.9 Å². The van der Waals surface area contributed by atoms with Crippen molar-refractivity contribution in [2.45, 2.75) is 44.2 Å². The summed E-state index contributed by atoms with van der Waals surface area (Å²) in [5, 5.41) is 11.0. The number of fused-ring (bicyclic) bond motifs is 1. The molecule has 4 rings (SSSR count). The van der Waals surface area contributed by atoms with Gasteiger partial charge in [-0.05, 0) is 62.6 Å². The van der Waals surface area contributed by atoms with Gasteiger partial charge in [0.15, 0.2) is 0 Å².